The van der Waals surface area contributed by atoms with E-state index in [0.717, 1.165) is 5.56 Å². The topological polar surface area (TPSA) is 78.0 Å². The highest BCUT2D eigenvalue weighted by Gasteiger charge is 2.20. The van der Waals surface area contributed by atoms with Crippen LogP contribution < -0.4 is 11.3 Å². The highest BCUT2D eigenvalue weighted by atomic mass is 32.1. The van der Waals surface area contributed by atoms with Crippen molar-refractivity contribution in [3.05, 3.63) is 51.6 Å². The Balaban J connectivity index is 2.31. The number of thiophene rings is 1. The fourth-order valence-corrected chi connectivity index (χ4v) is 3.51. The molecular formula is C16H14FN3O2S. The number of aryl methyl sites for hydroxylation is 1. The molecule has 118 valence electrons. The molecule has 0 aliphatic rings. The van der Waals surface area contributed by atoms with Crippen molar-refractivity contribution >= 4 is 27.5 Å². The van der Waals surface area contributed by atoms with E-state index in [1.807, 2.05) is 5.38 Å². The molecule has 23 heavy (non-hydrogen) atoms. The monoisotopic (exact) mass is 331 g/mol. The highest BCUT2D eigenvalue weighted by molar-refractivity contribution is 7.17. The second kappa shape index (κ2) is 5.58. The van der Waals surface area contributed by atoms with Gasteiger partial charge in [0.15, 0.2) is 0 Å². The van der Waals surface area contributed by atoms with Gasteiger partial charge in [0.2, 0.25) is 5.91 Å². The molecule has 2 N–H and O–H groups in total. The summed E-state index contributed by atoms with van der Waals surface area (Å²) in [6, 6.07) is 5.10. The molecule has 1 atom stereocenters. The standard InChI is InChI=1S/C16H14FN3O2S/c1-8(14(18)21)20-9(2)19-15-13(16(20)22)12(7-23-15)10-3-5-11(17)6-4-10/h3-8H,1-2H3,(H2,18,21). The van der Waals surface area contributed by atoms with Gasteiger partial charge in [-0.25, -0.2) is 9.37 Å². The molecule has 2 heterocycles. The Labute approximate surface area is 135 Å². The molecule has 0 saturated heterocycles. The number of hydrogen-bond donors (Lipinski definition) is 1. The largest absolute Gasteiger partial charge is 0.368 e. The number of carbonyl (C=O) groups is 1. The summed E-state index contributed by atoms with van der Waals surface area (Å²) in [6.45, 7) is 3.23. The minimum absolute atomic E-state index is 0.320. The van der Waals surface area contributed by atoms with Crippen molar-refractivity contribution in [2.24, 2.45) is 5.73 Å². The fourth-order valence-electron chi connectivity index (χ4n) is 2.53. The van der Waals surface area contributed by atoms with E-state index < -0.39 is 11.9 Å². The lowest BCUT2D eigenvalue weighted by atomic mass is 10.1. The molecule has 1 aromatic carbocycles. The van der Waals surface area contributed by atoms with Gasteiger partial charge >= 0.3 is 0 Å². The van der Waals surface area contributed by atoms with Crippen LogP contribution in [0.1, 0.15) is 18.8 Å². The smallest absolute Gasteiger partial charge is 0.263 e. The second-order valence-electron chi connectivity index (χ2n) is 5.25. The normalized spacial score (nSPS) is 12.5. The highest BCUT2D eigenvalue weighted by Crippen LogP contribution is 2.31. The van der Waals surface area contributed by atoms with Gasteiger partial charge in [-0.15, -0.1) is 11.3 Å². The summed E-state index contributed by atoms with van der Waals surface area (Å²) in [7, 11) is 0. The SMILES string of the molecule is Cc1nc2scc(-c3ccc(F)cc3)c2c(=O)n1C(C)C(N)=O. The van der Waals surface area contributed by atoms with E-state index >= 15 is 0 Å². The Kier molecular flexibility index (Phi) is 3.73. The maximum atomic E-state index is 13.1. The Morgan fingerprint density at radius 2 is 2.00 bits per heavy atom. The van der Waals surface area contributed by atoms with Gasteiger partial charge in [0, 0.05) is 10.9 Å². The van der Waals surface area contributed by atoms with Crippen LogP contribution in [0.2, 0.25) is 0 Å². The lowest BCUT2D eigenvalue weighted by Gasteiger charge is -2.14. The molecule has 0 spiro atoms. The van der Waals surface area contributed by atoms with Gasteiger partial charge < -0.3 is 5.73 Å². The maximum absolute atomic E-state index is 13.1. The average Bonchev–Trinajstić information content (AvgIpc) is 2.91. The summed E-state index contributed by atoms with van der Waals surface area (Å²) < 4.78 is 14.4. The van der Waals surface area contributed by atoms with Crippen molar-refractivity contribution in [1.82, 2.24) is 9.55 Å². The van der Waals surface area contributed by atoms with Gasteiger partial charge in [-0.3, -0.25) is 14.2 Å². The van der Waals surface area contributed by atoms with Gasteiger partial charge in [0.25, 0.3) is 5.56 Å². The molecular weight excluding hydrogens is 317 g/mol. The first-order valence-electron chi connectivity index (χ1n) is 6.95. The van der Waals surface area contributed by atoms with Crippen molar-refractivity contribution < 1.29 is 9.18 Å². The average molecular weight is 331 g/mol. The van der Waals surface area contributed by atoms with Crippen LogP contribution in [0, 0.1) is 12.7 Å². The molecule has 2 aromatic heterocycles. The van der Waals surface area contributed by atoms with E-state index in [0.29, 0.717) is 21.6 Å². The Hall–Kier alpha value is -2.54. The number of nitrogens with zero attached hydrogens (tertiary/aromatic N) is 2. The number of benzene rings is 1. The Morgan fingerprint density at radius 3 is 2.61 bits per heavy atom. The van der Waals surface area contributed by atoms with Crippen LogP contribution in [-0.4, -0.2) is 15.5 Å². The number of fused-ring (bicyclic) bond motifs is 1. The molecule has 3 aromatic rings. The number of aromatic nitrogens is 2. The predicted molar refractivity (Wildman–Crippen MR) is 87.9 cm³/mol. The van der Waals surface area contributed by atoms with Gasteiger partial charge in [-0.2, -0.15) is 0 Å². The third kappa shape index (κ3) is 2.53. The molecule has 0 aliphatic carbocycles. The lowest BCUT2D eigenvalue weighted by Crippen LogP contribution is -2.34. The molecule has 0 fully saturated rings. The maximum Gasteiger partial charge on any atom is 0.263 e. The van der Waals surface area contributed by atoms with Crippen molar-refractivity contribution in [1.29, 1.82) is 0 Å². The van der Waals surface area contributed by atoms with E-state index in [-0.39, 0.29) is 11.4 Å². The quantitative estimate of drug-likeness (QED) is 0.801. The molecule has 0 radical (unpaired) electrons. The Bertz CT molecular complexity index is 960. The third-order valence-corrected chi connectivity index (χ3v) is 4.64. The summed E-state index contributed by atoms with van der Waals surface area (Å²) in [5, 5.41) is 2.23. The van der Waals surface area contributed by atoms with Crippen LogP contribution in [0.25, 0.3) is 21.3 Å². The fraction of sp³-hybridized carbons (Fsp3) is 0.188. The summed E-state index contributed by atoms with van der Waals surface area (Å²) >= 11 is 1.34. The van der Waals surface area contributed by atoms with Gasteiger partial charge in [-0.05, 0) is 31.5 Å². The first-order valence-corrected chi connectivity index (χ1v) is 7.83. The molecule has 7 heteroatoms. The Morgan fingerprint density at radius 1 is 1.35 bits per heavy atom. The van der Waals surface area contributed by atoms with E-state index in [9.17, 15) is 14.0 Å². The van der Waals surface area contributed by atoms with Gasteiger partial charge in [0.05, 0.1) is 5.39 Å². The summed E-state index contributed by atoms with van der Waals surface area (Å²) in [4.78, 5) is 29.3. The van der Waals surface area contributed by atoms with Crippen LogP contribution in [-0.2, 0) is 4.79 Å². The number of halogens is 1. The van der Waals surface area contributed by atoms with E-state index in [1.165, 1.54) is 28.0 Å². The van der Waals surface area contributed by atoms with Crippen LogP contribution in [0.3, 0.4) is 0 Å². The number of hydrogen-bond acceptors (Lipinski definition) is 4. The number of primary amides is 1. The van der Waals surface area contributed by atoms with Crippen LogP contribution >= 0.6 is 11.3 Å². The van der Waals surface area contributed by atoms with Crippen molar-refractivity contribution in [2.45, 2.75) is 19.9 Å². The zero-order valence-corrected chi connectivity index (χ0v) is 13.4. The minimum Gasteiger partial charge on any atom is -0.368 e. The molecule has 1 amide bonds. The summed E-state index contributed by atoms with van der Waals surface area (Å²) in [6.07, 6.45) is 0. The lowest BCUT2D eigenvalue weighted by molar-refractivity contribution is -0.120. The second-order valence-corrected chi connectivity index (χ2v) is 6.11. The summed E-state index contributed by atoms with van der Waals surface area (Å²) in [5.74, 6) is -0.516. The molecule has 5 nitrogen and oxygen atoms in total. The predicted octanol–water partition coefficient (Wildman–Crippen LogP) is 2.62. The number of nitrogens with two attached hydrogens (primary N) is 1. The number of carbonyl (C=O) groups excluding carboxylic acids is 1. The van der Waals surface area contributed by atoms with E-state index in [4.69, 9.17) is 5.73 Å². The molecule has 0 aliphatic heterocycles. The first kappa shape index (κ1) is 15.4. The van der Waals surface area contributed by atoms with E-state index in [1.54, 1.807) is 26.0 Å². The van der Waals surface area contributed by atoms with E-state index in [2.05, 4.69) is 4.98 Å². The van der Waals surface area contributed by atoms with Gasteiger partial charge in [-0.1, -0.05) is 12.1 Å². The van der Waals surface area contributed by atoms with Crippen LogP contribution in [0.5, 0.6) is 0 Å². The van der Waals surface area contributed by atoms with Crippen molar-refractivity contribution in [2.75, 3.05) is 0 Å². The molecule has 3 rings (SSSR count). The van der Waals surface area contributed by atoms with Crippen molar-refractivity contribution in [3.8, 4) is 11.1 Å². The van der Waals surface area contributed by atoms with Crippen LogP contribution in [0.4, 0.5) is 4.39 Å². The first-order chi connectivity index (χ1) is 10.9. The number of amides is 1. The summed E-state index contributed by atoms with van der Waals surface area (Å²) in [5.41, 5.74) is 6.40. The molecule has 0 saturated carbocycles. The minimum atomic E-state index is -0.791. The molecule has 1 unspecified atom stereocenters. The van der Waals surface area contributed by atoms with Gasteiger partial charge in [0.1, 0.15) is 22.5 Å². The van der Waals surface area contributed by atoms with Crippen molar-refractivity contribution in [3.63, 3.8) is 0 Å². The number of rotatable bonds is 3. The molecule has 0 bridgehead atoms. The van der Waals surface area contributed by atoms with Crippen LogP contribution in [0.15, 0.2) is 34.4 Å². The zero-order valence-electron chi connectivity index (χ0n) is 12.5. The third-order valence-electron chi connectivity index (χ3n) is 3.77. The zero-order chi connectivity index (χ0) is 16.7.